The number of hydrogen-bond donors (Lipinski definition) is 0. The summed E-state index contributed by atoms with van der Waals surface area (Å²) in [6, 6.07) is 0. The van der Waals surface area contributed by atoms with E-state index >= 15 is 0 Å². The fraction of sp³-hybridized carbons (Fsp3) is 0.962. The summed E-state index contributed by atoms with van der Waals surface area (Å²) in [5.74, 6) is 2.14. The Morgan fingerprint density at radius 1 is 0.491 bits per heavy atom. The van der Waals surface area contributed by atoms with Gasteiger partial charge in [0.05, 0.1) is 13.2 Å². The maximum Gasteiger partial charge on any atom is 0.305 e. The minimum absolute atomic E-state index is 0.0307. The first-order valence-corrected chi connectivity index (χ1v) is 25.8. The quantitative estimate of drug-likeness (QED) is 0.0454. The average molecular weight is 804 g/mol. The zero-order valence-electron chi connectivity index (χ0n) is 39.6. The number of nitrogens with zero attached hydrogens (tertiary/aromatic N) is 1. The van der Waals surface area contributed by atoms with E-state index in [0.717, 1.165) is 31.6 Å². The average Bonchev–Trinajstić information content (AvgIpc) is 3.90. The summed E-state index contributed by atoms with van der Waals surface area (Å²) in [5, 5.41) is 0. The van der Waals surface area contributed by atoms with Crippen molar-refractivity contribution in [1.82, 2.24) is 4.90 Å². The van der Waals surface area contributed by atoms with Crippen LogP contribution in [0.2, 0.25) is 0 Å². The molecule has 338 valence electrons. The summed E-state index contributed by atoms with van der Waals surface area (Å²) >= 11 is 0. The van der Waals surface area contributed by atoms with Gasteiger partial charge in [-0.05, 0) is 108 Å². The van der Waals surface area contributed by atoms with Crippen LogP contribution >= 0.6 is 0 Å². The lowest BCUT2D eigenvalue weighted by Crippen LogP contribution is -2.18. The summed E-state index contributed by atoms with van der Waals surface area (Å²) in [4.78, 5) is 27.2. The number of carbonyl (C=O) groups excluding carboxylic acids is 2. The predicted molar refractivity (Wildman–Crippen MR) is 247 cm³/mol. The number of unbranched alkanes of at least 4 members (excludes halogenated alkanes) is 21. The van der Waals surface area contributed by atoms with Crippen LogP contribution in [0.5, 0.6) is 0 Å². The summed E-state index contributed by atoms with van der Waals surface area (Å²) in [6.45, 7) is 11.5. The second kappa shape index (κ2) is 37.9. The van der Waals surface area contributed by atoms with Crippen molar-refractivity contribution in [1.29, 1.82) is 0 Å². The van der Waals surface area contributed by atoms with Crippen molar-refractivity contribution in [2.45, 2.75) is 265 Å². The van der Waals surface area contributed by atoms with Gasteiger partial charge in [0.2, 0.25) is 0 Å². The lowest BCUT2D eigenvalue weighted by atomic mass is 9.89. The Morgan fingerprint density at radius 3 is 1.32 bits per heavy atom. The van der Waals surface area contributed by atoms with Crippen LogP contribution in [0.3, 0.4) is 0 Å². The van der Waals surface area contributed by atoms with Crippen LogP contribution in [0.4, 0.5) is 0 Å². The highest BCUT2D eigenvalue weighted by Crippen LogP contribution is 2.61. The molecule has 0 bridgehead atoms. The molecule has 1 aliphatic carbocycles. The fourth-order valence-electron chi connectivity index (χ4n) is 9.27. The van der Waals surface area contributed by atoms with Crippen molar-refractivity contribution < 1.29 is 19.1 Å². The van der Waals surface area contributed by atoms with Crippen molar-refractivity contribution in [2.24, 2.45) is 23.2 Å². The van der Waals surface area contributed by atoms with Gasteiger partial charge in [-0.3, -0.25) is 9.59 Å². The second-order valence-electron chi connectivity index (χ2n) is 19.2. The van der Waals surface area contributed by atoms with E-state index in [9.17, 15) is 9.59 Å². The number of carbonyl (C=O) groups is 2. The van der Waals surface area contributed by atoms with E-state index in [-0.39, 0.29) is 11.9 Å². The van der Waals surface area contributed by atoms with Gasteiger partial charge >= 0.3 is 11.9 Å². The smallest absolute Gasteiger partial charge is 0.305 e. The zero-order chi connectivity index (χ0) is 41.7. The Labute approximate surface area is 357 Å². The molecular formula is C52H101NO4. The standard InChI is InChI=1S/C52H101NO4/c1-7-11-15-28-36-47(34-13-9-3)45-56-50(54)39-31-25-21-17-18-23-27-33-41-52(42-43-53(5)6)44-49(52)38-30-24-20-19-22-26-32-40-51(55)57-46-48(35-14-10-4)37-29-16-12-8-2/h47-49H,7-46H2,1-6H3. The highest BCUT2D eigenvalue weighted by molar-refractivity contribution is 5.69. The Hall–Kier alpha value is -1.10. The highest BCUT2D eigenvalue weighted by Gasteiger charge is 2.51. The third-order valence-corrected chi connectivity index (χ3v) is 13.5. The van der Waals surface area contributed by atoms with Crippen LogP contribution in [0.25, 0.3) is 0 Å². The predicted octanol–water partition coefficient (Wildman–Crippen LogP) is 16.0. The lowest BCUT2D eigenvalue weighted by Gasteiger charge is -2.20. The molecule has 5 heteroatoms. The molecule has 1 fully saturated rings. The lowest BCUT2D eigenvalue weighted by molar-refractivity contribution is -0.146. The zero-order valence-corrected chi connectivity index (χ0v) is 39.6. The molecule has 0 aromatic carbocycles. The first-order chi connectivity index (χ1) is 27.8. The van der Waals surface area contributed by atoms with Gasteiger partial charge in [-0.2, -0.15) is 0 Å². The number of esters is 2. The summed E-state index contributed by atoms with van der Waals surface area (Å²) in [5.41, 5.74) is 0.629. The van der Waals surface area contributed by atoms with Crippen molar-refractivity contribution in [2.75, 3.05) is 33.9 Å². The third-order valence-electron chi connectivity index (χ3n) is 13.5. The monoisotopic (exact) mass is 804 g/mol. The van der Waals surface area contributed by atoms with E-state index in [1.807, 2.05) is 0 Å². The van der Waals surface area contributed by atoms with Gasteiger partial charge in [0.15, 0.2) is 0 Å². The third kappa shape index (κ3) is 31.4. The highest BCUT2D eigenvalue weighted by atomic mass is 16.5. The molecule has 0 aromatic heterocycles. The molecule has 0 heterocycles. The van der Waals surface area contributed by atoms with Gasteiger partial charge in [-0.25, -0.2) is 0 Å². The van der Waals surface area contributed by atoms with Crippen LogP contribution in [0.1, 0.15) is 265 Å². The van der Waals surface area contributed by atoms with E-state index in [4.69, 9.17) is 9.47 Å². The van der Waals surface area contributed by atoms with Gasteiger partial charge in [-0.1, -0.05) is 188 Å². The number of rotatable bonds is 44. The Kier molecular flexibility index (Phi) is 35.8. The molecule has 5 nitrogen and oxygen atoms in total. The van der Waals surface area contributed by atoms with Gasteiger partial charge in [-0.15, -0.1) is 0 Å². The van der Waals surface area contributed by atoms with Crippen LogP contribution in [-0.2, 0) is 19.1 Å². The van der Waals surface area contributed by atoms with Crippen molar-refractivity contribution in [3.8, 4) is 0 Å². The molecule has 0 saturated heterocycles. The first kappa shape index (κ1) is 53.9. The molecule has 0 amide bonds. The van der Waals surface area contributed by atoms with Crippen LogP contribution in [-0.4, -0.2) is 50.7 Å². The summed E-state index contributed by atoms with van der Waals surface area (Å²) < 4.78 is 11.5. The maximum absolute atomic E-state index is 12.4. The molecule has 0 radical (unpaired) electrons. The first-order valence-electron chi connectivity index (χ1n) is 25.8. The number of hydrogen-bond acceptors (Lipinski definition) is 5. The van der Waals surface area contributed by atoms with Gasteiger partial charge in [0, 0.05) is 12.8 Å². The fourth-order valence-corrected chi connectivity index (χ4v) is 9.27. The SMILES string of the molecule is CCCCCCC(CCCC)COC(=O)CCCCCCCCCCC1(CCN(C)C)CC1CCCCCCCCCC(=O)OCC(CCCC)CCCCCC. The number of ether oxygens (including phenoxy) is 2. The van der Waals surface area contributed by atoms with Crippen molar-refractivity contribution in [3.05, 3.63) is 0 Å². The van der Waals surface area contributed by atoms with E-state index in [0.29, 0.717) is 43.3 Å². The Bertz CT molecular complexity index is 907. The van der Waals surface area contributed by atoms with Crippen molar-refractivity contribution >= 4 is 11.9 Å². The Morgan fingerprint density at radius 2 is 0.877 bits per heavy atom. The van der Waals surface area contributed by atoms with E-state index in [2.05, 4.69) is 46.7 Å². The summed E-state index contributed by atoms with van der Waals surface area (Å²) in [7, 11) is 4.47. The molecule has 0 aromatic rings. The van der Waals surface area contributed by atoms with E-state index in [1.54, 1.807) is 0 Å². The molecule has 0 aliphatic heterocycles. The largest absolute Gasteiger partial charge is 0.465 e. The second-order valence-corrected chi connectivity index (χ2v) is 19.2. The van der Waals surface area contributed by atoms with E-state index in [1.165, 1.54) is 206 Å². The molecule has 1 saturated carbocycles. The van der Waals surface area contributed by atoms with Crippen LogP contribution in [0.15, 0.2) is 0 Å². The molecule has 1 rings (SSSR count). The van der Waals surface area contributed by atoms with Gasteiger partial charge < -0.3 is 14.4 Å². The van der Waals surface area contributed by atoms with Gasteiger partial charge in [0.1, 0.15) is 0 Å². The molecule has 1 aliphatic rings. The molecule has 0 N–H and O–H groups in total. The maximum atomic E-state index is 12.4. The normalized spacial score (nSPS) is 17.6. The molecule has 4 atom stereocenters. The molecule has 0 spiro atoms. The molecule has 4 unspecified atom stereocenters. The molecule has 57 heavy (non-hydrogen) atoms. The minimum atomic E-state index is 0.0307. The van der Waals surface area contributed by atoms with Crippen LogP contribution in [0, 0.1) is 23.2 Å². The topological polar surface area (TPSA) is 55.8 Å². The van der Waals surface area contributed by atoms with Gasteiger partial charge in [0.25, 0.3) is 0 Å². The minimum Gasteiger partial charge on any atom is -0.465 e. The van der Waals surface area contributed by atoms with Crippen LogP contribution < -0.4 is 0 Å². The van der Waals surface area contributed by atoms with Crippen molar-refractivity contribution in [3.63, 3.8) is 0 Å². The summed E-state index contributed by atoms with van der Waals surface area (Å²) in [6.07, 6.45) is 46.2. The Balaban J connectivity index is 2.10. The molecular weight excluding hydrogens is 703 g/mol. The van der Waals surface area contributed by atoms with E-state index < -0.39 is 0 Å².